The number of hydrogen-bond donors (Lipinski definition) is 3. The molecule has 0 aromatic carbocycles. The topological polar surface area (TPSA) is 72.6 Å². The van der Waals surface area contributed by atoms with Gasteiger partial charge in [-0.05, 0) is 18.6 Å². The van der Waals surface area contributed by atoms with Gasteiger partial charge < -0.3 is 15.2 Å². The highest BCUT2D eigenvalue weighted by Crippen LogP contribution is 2.08. The highest BCUT2D eigenvalue weighted by molar-refractivity contribution is 5.35. The van der Waals surface area contributed by atoms with Gasteiger partial charge in [-0.2, -0.15) is 0 Å². The van der Waals surface area contributed by atoms with E-state index >= 15 is 0 Å². The van der Waals surface area contributed by atoms with Gasteiger partial charge in [0.05, 0.1) is 0 Å². The molecule has 0 aliphatic carbocycles. The van der Waals surface area contributed by atoms with Gasteiger partial charge in [0.25, 0.3) is 0 Å². The average molecular weight is 220 g/mol. The van der Waals surface area contributed by atoms with Gasteiger partial charge in [-0.1, -0.05) is 0 Å². The number of hydrogen-bond acceptors (Lipinski definition) is 4. The molecule has 3 N–H and O–H groups in total. The van der Waals surface area contributed by atoms with Crippen molar-refractivity contribution in [3.63, 3.8) is 0 Å². The van der Waals surface area contributed by atoms with E-state index in [-0.39, 0.29) is 0 Å². The molecule has 0 fully saturated rings. The molecule has 0 saturated heterocycles. The Kier molecular flexibility index (Phi) is 2.80. The number of H-pyrrole nitrogens is 2. The van der Waals surface area contributed by atoms with E-state index in [1.807, 2.05) is 32.1 Å². The van der Waals surface area contributed by atoms with Crippen molar-refractivity contribution in [1.82, 2.24) is 20.2 Å². The van der Waals surface area contributed by atoms with Crippen LogP contribution in [0, 0.1) is 6.92 Å². The number of aryl methyl sites for hydroxylation is 1. The van der Waals surface area contributed by atoms with Crippen LogP contribution in [0.5, 0.6) is 0 Å². The maximum atomic E-state index is 3.99. The molecule has 0 atom stereocenters. The highest BCUT2D eigenvalue weighted by atomic mass is 15.4. The normalized spacial score (nSPS) is 10.4. The number of nitrogens with zero attached hydrogens (tertiary/aromatic N) is 3. The van der Waals surface area contributed by atoms with Gasteiger partial charge in [0.15, 0.2) is 0 Å². The molecule has 2 aromatic heterocycles. The summed E-state index contributed by atoms with van der Waals surface area (Å²) in [6.45, 7) is 2.76. The number of aromatic nitrogens is 4. The minimum Gasteiger partial charge on any atom is -0.365 e. The van der Waals surface area contributed by atoms with Crippen molar-refractivity contribution in [3.8, 4) is 0 Å². The van der Waals surface area contributed by atoms with Crippen LogP contribution in [0.25, 0.3) is 0 Å². The van der Waals surface area contributed by atoms with Crippen LogP contribution in [0.4, 0.5) is 11.9 Å². The van der Waals surface area contributed by atoms with E-state index in [0.29, 0.717) is 5.95 Å². The zero-order chi connectivity index (χ0) is 11.5. The van der Waals surface area contributed by atoms with E-state index in [9.17, 15) is 0 Å². The Bertz CT molecular complexity index is 455. The van der Waals surface area contributed by atoms with Crippen LogP contribution in [-0.2, 0) is 6.54 Å². The fourth-order valence-electron chi connectivity index (χ4n) is 1.39. The van der Waals surface area contributed by atoms with E-state index in [1.54, 1.807) is 0 Å². The maximum Gasteiger partial charge on any atom is 0.225 e. The van der Waals surface area contributed by atoms with Gasteiger partial charge in [-0.15, -0.1) is 10.2 Å². The van der Waals surface area contributed by atoms with Crippen LogP contribution >= 0.6 is 0 Å². The Labute approximate surface area is 94.1 Å². The third-order valence-corrected chi connectivity index (χ3v) is 2.25. The second kappa shape index (κ2) is 4.26. The van der Waals surface area contributed by atoms with Crippen molar-refractivity contribution >= 4 is 11.9 Å². The smallest absolute Gasteiger partial charge is 0.225 e. The first kappa shape index (κ1) is 10.5. The van der Waals surface area contributed by atoms with Crippen molar-refractivity contribution in [2.75, 3.05) is 24.3 Å². The Morgan fingerprint density at radius 1 is 1.38 bits per heavy atom. The molecule has 0 unspecified atom stereocenters. The molecule has 16 heavy (non-hydrogen) atoms. The summed E-state index contributed by atoms with van der Waals surface area (Å²) in [5, 5.41) is 11.1. The fourth-order valence-corrected chi connectivity index (χ4v) is 1.39. The van der Waals surface area contributed by atoms with E-state index in [4.69, 9.17) is 0 Å². The lowest BCUT2D eigenvalue weighted by molar-refractivity contribution is 0.996. The van der Waals surface area contributed by atoms with E-state index in [1.165, 1.54) is 5.56 Å². The van der Waals surface area contributed by atoms with Crippen LogP contribution < -0.4 is 10.2 Å². The van der Waals surface area contributed by atoms with Crippen LogP contribution in [0.2, 0.25) is 0 Å². The van der Waals surface area contributed by atoms with Crippen LogP contribution in [0.15, 0.2) is 12.3 Å². The van der Waals surface area contributed by atoms with Gasteiger partial charge in [0.1, 0.15) is 0 Å². The molecule has 2 rings (SSSR count). The molecule has 0 saturated carbocycles. The second-order valence-corrected chi connectivity index (χ2v) is 3.94. The predicted octanol–water partition coefficient (Wildman–Crippen LogP) is 1.12. The summed E-state index contributed by atoms with van der Waals surface area (Å²) in [5.74, 6) is 1.43. The Balaban J connectivity index is 1.94. The molecular weight excluding hydrogens is 204 g/mol. The summed E-state index contributed by atoms with van der Waals surface area (Å²) in [6, 6.07) is 2.09. The summed E-state index contributed by atoms with van der Waals surface area (Å²) < 4.78 is 0. The van der Waals surface area contributed by atoms with Gasteiger partial charge in [-0.25, -0.2) is 0 Å². The Morgan fingerprint density at radius 2 is 2.19 bits per heavy atom. The highest BCUT2D eigenvalue weighted by Gasteiger charge is 2.03. The molecule has 0 bridgehead atoms. The molecule has 2 heterocycles. The minimum atomic E-state index is 0.683. The molecule has 6 heteroatoms. The predicted molar refractivity (Wildman–Crippen MR) is 63.6 cm³/mol. The quantitative estimate of drug-likeness (QED) is 0.722. The molecule has 0 spiro atoms. The zero-order valence-electron chi connectivity index (χ0n) is 9.70. The molecule has 0 aliphatic rings. The van der Waals surface area contributed by atoms with Gasteiger partial charge >= 0.3 is 0 Å². The maximum absolute atomic E-state index is 3.99. The minimum absolute atomic E-state index is 0.683. The molecule has 0 radical (unpaired) electrons. The summed E-state index contributed by atoms with van der Waals surface area (Å²) in [7, 11) is 3.83. The van der Waals surface area contributed by atoms with Crippen molar-refractivity contribution in [2.45, 2.75) is 13.5 Å². The Morgan fingerprint density at radius 3 is 2.75 bits per heavy atom. The lowest BCUT2D eigenvalue weighted by Crippen LogP contribution is -2.10. The summed E-state index contributed by atoms with van der Waals surface area (Å²) in [6.07, 6.45) is 1.98. The number of anilines is 2. The van der Waals surface area contributed by atoms with Gasteiger partial charge in [0, 0.05) is 32.5 Å². The molecule has 0 aliphatic heterocycles. The van der Waals surface area contributed by atoms with E-state index in [2.05, 4.69) is 31.5 Å². The first-order valence-corrected chi connectivity index (χ1v) is 5.13. The lowest BCUT2D eigenvalue weighted by Gasteiger charge is -2.05. The van der Waals surface area contributed by atoms with E-state index in [0.717, 1.165) is 18.2 Å². The number of nitrogens with one attached hydrogen (secondary N) is 3. The third kappa shape index (κ3) is 2.33. The van der Waals surface area contributed by atoms with Crippen LogP contribution in [0.1, 0.15) is 11.3 Å². The van der Waals surface area contributed by atoms with E-state index < -0.39 is 0 Å². The molecule has 2 aromatic rings. The van der Waals surface area contributed by atoms with Crippen LogP contribution in [0.3, 0.4) is 0 Å². The number of rotatable bonds is 4. The summed E-state index contributed by atoms with van der Waals surface area (Å²) >= 11 is 0. The standard InChI is InChI=1S/C10H16N6/c1-7-4-8(5-11-7)6-12-9-13-10(15-14-9)16(2)3/h4-5,11H,6H2,1-3H3,(H2,12,13,14,15). The molecular formula is C10H16N6. The zero-order valence-corrected chi connectivity index (χ0v) is 9.70. The SMILES string of the molecule is Cc1cc(CNc2nnc(N(C)C)[nH]2)c[nH]1. The third-order valence-electron chi connectivity index (χ3n) is 2.25. The summed E-state index contributed by atoms with van der Waals surface area (Å²) in [4.78, 5) is 8.08. The summed E-state index contributed by atoms with van der Waals surface area (Å²) in [5.41, 5.74) is 2.35. The molecule has 6 nitrogen and oxygen atoms in total. The average Bonchev–Trinajstić information content (AvgIpc) is 2.83. The van der Waals surface area contributed by atoms with Crippen molar-refractivity contribution < 1.29 is 0 Å². The lowest BCUT2D eigenvalue weighted by atomic mass is 10.3. The van der Waals surface area contributed by atoms with Gasteiger partial charge in [0.2, 0.25) is 11.9 Å². The monoisotopic (exact) mass is 220 g/mol. The first-order valence-electron chi connectivity index (χ1n) is 5.13. The largest absolute Gasteiger partial charge is 0.365 e. The van der Waals surface area contributed by atoms with Crippen molar-refractivity contribution in [2.24, 2.45) is 0 Å². The van der Waals surface area contributed by atoms with Crippen molar-refractivity contribution in [1.29, 1.82) is 0 Å². The van der Waals surface area contributed by atoms with Gasteiger partial charge in [-0.3, -0.25) is 4.98 Å². The van der Waals surface area contributed by atoms with Crippen molar-refractivity contribution in [3.05, 3.63) is 23.5 Å². The number of aromatic amines is 2. The molecule has 86 valence electrons. The molecule has 0 amide bonds. The fraction of sp³-hybridized carbons (Fsp3) is 0.400. The van der Waals surface area contributed by atoms with Crippen LogP contribution in [-0.4, -0.2) is 34.3 Å². The first-order chi connectivity index (χ1) is 7.65. The second-order valence-electron chi connectivity index (χ2n) is 3.94. The Hall–Kier alpha value is -1.98.